The molecular formula is C26H24N4O5. The van der Waals surface area contributed by atoms with E-state index in [-0.39, 0.29) is 10.9 Å². The Balaban J connectivity index is 1.57. The summed E-state index contributed by atoms with van der Waals surface area (Å²) >= 11 is 0. The first-order chi connectivity index (χ1) is 17.0. The largest absolute Gasteiger partial charge is 0.497 e. The van der Waals surface area contributed by atoms with E-state index >= 15 is 0 Å². The Kier molecular flexibility index (Phi) is 5.82. The lowest BCUT2D eigenvalue weighted by Gasteiger charge is -2.14. The number of aromatic nitrogens is 3. The molecule has 1 aliphatic rings. The molecule has 0 spiro atoms. The summed E-state index contributed by atoms with van der Waals surface area (Å²) in [5, 5.41) is 12.9. The van der Waals surface area contributed by atoms with Crippen LogP contribution in [0.2, 0.25) is 0 Å². The minimum atomic E-state index is -1.29. The van der Waals surface area contributed by atoms with Crippen molar-refractivity contribution in [1.29, 1.82) is 0 Å². The lowest BCUT2D eigenvalue weighted by molar-refractivity contribution is 0.0695. The first-order valence-corrected chi connectivity index (χ1v) is 11.2. The number of carboxylic acid groups (broad SMARTS) is 1. The minimum Gasteiger partial charge on any atom is -0.497 e. The van der Waals surface area contributed by atoms with Gasteiger partial charge in [0.1, 0.15) is 17.1 Å². The first kappa shape index (κ1) is 22.4. The summed E-state index contributed by atoms with van der Waals surface area (Å²) in [7, 11) is 3.17. The van der Waals surface area contributed by atoms with E-state index in [2.05, 4.69) is 21.4 Å². The van der Waals surface area contributed by atoms with E-state index in [0.29, 0.717) is 29.6 Å². The summed E-state index contributed by atoms with van der Waals surface area (Å²) in [6, 6.07) is 11.5. The van der Waals surface area contributed by atoms with E-state index in [9.17, 15) is 14.7 Å². The van der Waals surface area contributed by atoms with Crippen molar-refractivity contribution < 1.29 is 19.4 Å². The number of carboxylic acids is 1. The summed E-state index contributed by atoms with van der Waals surface area (Å²) in [4.78, 5) is 33.5. The van der Waals surface area contributed by atoms with E-state index in [4.69, 9.17) is 9.47 Å². The average molecular weight is 473 g/mol. The van der Waals surface area contributed by atoms with Crippen LogP contribution in [0.1, 0.15) is 33.5 Å². The van der Waals surface area contributed by atoms with Gasteiger partial charge in [-0.3, -0.25) is 4.79 Å². The fourth-order valence-corrected chi connectivity index (χ4v) is 4.40. The van der Waals surface area contributed by atoms with Crippen LogP contribution in [0.15, 0.2) is 53.6 Å². The molecule has 0 saturated carbocycles. The number of nitrogens with zero attached hydrogens (tertiary/aromatic N) is 3. The van der Waals surface area contributed by atoms with Crippen molar-refractivity contribution in [3.05, 3.63) is 81.3 Å². The third kappa shape index (κ3) is 4.28. The molecule has 2 N–H and O–H groups in total. The Morgan fingerprint density at radius 2 is 1.83 bits per heavy atom. The molecule has 0 aliphatic heterocycles. The molecule has 0 atom stereocenters. The third-order valence-electron chi connectivity index (χ3n) is 6.20. The van der Waals surface area contributed by atoms with Crippen LogP contribution in [0.3, 0.4) is 0 Å². The van der Waals surface area contributed by atoms with Crippen LogP contribution in [0.4, 0.5) is 5.95 Å². The zero-order chi connectivity index (χ0) is 24.5. The molecule has 9 heteroatoms. The maximum Gasteiger partial charge on any atom is 0.341 e. The number of anilines is 1. The summed E-state index contributed by atoms with van der Waals surface area (Å²) in [6.07, 6.45) is 5.81. The molecule has 0 fully saturated rings. The Morgan fingerprint density at radius 1 is 1.09 bits per heavy atom. The minimum absolute atomic E-state index is 0.138. The average Bonchev–Trinajstić information content (AvgIpc) is 3.35. The summed E-state index contributed by atoms with van der Waals surface area (Å²) in [5.74, 6) is 0.331. The van der Waals surface area contributed by atoms with Gasteiger partial charge in [-0.2, -0.15) is 4.98 Å². The molecule has 2 aromatic heterocycles. The van der Waals surface area contributed by atoms with Gasteiger partial charge in [-0.05, 0) is 60.2 Å². The smallest absolute Gasteiger partial charge is 0.341 e. The van der Waals surface area contributed by atoms with Crippen molar-refractivity contribution in [3.63, 3.8) is 0 Å². The third-order valence-corrected chi connectivity index (χ3v) is 6.20. The quantitative estimate of drug-likeness (QED) is 0.419. The number of hydrogen-bond acceptors (Lipinski definition) is 7. The van der Waals surface area contributed by atoms with Crippen LogP contribution in [0.5, 0.6) is 11.5 Å². The highest BCUT2D eigenvalue weighted by Crippen LogP contribution is 2.26. The van der Waals surface area contributed by atoms with E-state index in [0.717, 1.165) is 30.5 Å². The van der Waals surface area contributed by atoms with E-state index in [1.165, 1.54) is 23.5 Å². The topological polar surface area (TPSA) is 116 Å². The van der Waals surface area contributed by atoms with Gasteiger partial charge >= 0.3 is 5.97 Å². The number of fused-ring (bicyclic) bond motifs is 2. The fraction of sp³-hybridized carbons (Fsp3) is 0.231. The van der Waals surface area contributed by atoms with Gasteiger partial charge < -0.3 is 24.5 Å². The van der Waals surface area contributed by atoms with Gasteiger partial charge in [0.2, 0.25) is 11.4 Å². The van der Waals surface area contributed by atoms with Gasteiger partial charge in [-0.1, -0.05) is 6.07 Å². The van der Waals surface area contributed by atoms with Crippen molar-refractivity contribution in [3.8, 4) is 17.2 Å². The molecule has 2 aromatic carbocycles. The van der Waals surface area contributed by atoms with Crippen molar-refractivity contribution in [2.45, 2.75) is 25.8 Å². The number of nitrogens with one attached hydrogen (secondary N) is 1. The Morgan fingerprint density at radius 3 is 2.54 bits per heavy atom. The number of hydrogen-bond donors (Lipinski definition) is 2. The maximum absolute atomic E-state index is 12.9. The van der Waals surface area contributed by atoms with Crippen molar-refractivity contribution in [2.24, 2.45) is 0 Å². The lowest BCUT2D eigenvalue weighted by atomic mass is 10.1. The Labute approximate surface area is 201 Å². The predicted octanol–water partition coefficient (Wildman–Crippen LogP) is 3.60. The van der Waals surface area contributed by atoms with Gasteiger partial charge in [-0.15, -0.1) is 0 Å². The molecule has 2 heterocycles. The van der Waals surface area contributed by atoms with Gasteiger partial charge in [0, 0.05) is 30.7 Å². The molecule has 5 rings (SSSR count). The molecule has 1 aliphatic carbocycles. The number of carbonyl (C=O) groups is 1. The van der Waals surface area contributed by atoms with Crippen molar-refractivity contribution in [2.75, 3.05) is 19.5 Å². The highest BCUT2D eigenvalue weighted by Gasteiger charge is 2.19. The van der Waals surface area contributed by atoms with Crippen LogP contribution in [0.25, 0.3) is 16.7 Å². The molecule has 0 bridgehead atoms. The van der Waals surface area contributed by atoms with Crippen LogP contribution >= 0.6 is 0 Å². The van der Waals surface area contributed by atoms with E-state index in [1.54, 1.807) is 24.9 Å². The molecule has 0 unspecified atom stereocenters. The highest BCUT2D eigenvalue weighted by atomic mass is 16.5. The monoisotopic (exact) mass is 472 g/mol. The van der Waals surface area contributed by atoms with E-state index < -0.39 is 11.4 Å². The van der Waals surface area contributed by atoms with Gasteiger partial charge in [0.05, 0.1) is 19.6 Å². The lowest BCUT2D eigenvalue weighted by Crippen LogP contribution is -2.20. The maximum atomic E-state index is 12.9. The number of benzene rings is 2. The molecule has 9 nitrogen and oxygen atoms in total. The second kappa shape index (κ2) is 9.09. The Hall–Kier alpha value is -4.40. The highest BCUT2D eigenvalue weighted by molar-refractivity contribution is 5.92. The van der Waals surface area contributed by atoms with Gasteiger partial charge in [0.15, 0.2) is 5.65 Å². The standard InChI is InChI=1S/C26H24N4O5/c1-34-19-8-15(9-20(11-19)35-2)12-27-26-28-13-21-23(31)22(25(32)33)14-30(24(21)29-26)18-7-6-16-4-3-5-17(16)10-18/h6-11,13-14H,3-5,12H2,1-2H3,(H,32,33)(H,27,28,29). The normalized spacial score (nSPS) is 12.4. The molecule has 4 aromatic rings. The molecular weight excluding hydrogens is 448 g/mol. The molecule has 0 saturated heterocycles. The number of rotatable bonds is 7. The SMILES string of the molecule is COc1cc(CNc2ncc3c(=O)c(C(=O)O)cn(-c4ccc5c(c4)CCC5)c3n2)cc(OC)c1. The number of pyridine rings is 1. The number of methoxy groups -OCH3 is 2. The molecule has 0 amide bonds. The second-order valence-electron chi connectivity index (χ2n) is 8.36. The van der Waals surface area contributed by atoms with Crippen LogP contribution in [-0.4, -0.2) is 39.8 Å². The fourth-order valence-electron chi connectivity index (χ4n) is 4.40. The predicted molar refractivity (Wildman–Crippen MR) is 131 cm³/mol. The number of aromatic carboxylic acids is 1. The van der Waals surface area contributed by atoms with Crippen LogP contribution in [-0.2, 0) is 19.4 Å². The molecule has 0 radical (unpaired) electrons. The molecule has 178 valence electrons. The molecule has 35 heavy (non-hydrogen) atoms. The van der Waals surface area contributed by atoms with Crippen molar-refractivity contribution in [1.82, 2.24) is 14.5 Å². The summed E-state index contributed by atoms with van der Waals surface area (Å²) in [6.45, 7) is 0.384. The van der Waals surface area contributed by atoms with Crippen LogP contribution in [0, 0.1) is 0 Å². The first-order valence-electron chi connectivity index (χ1n) is 11.2. The van der Waals surface area contributed by atoms with Gasteiger partial charge in [0.25, 0.3) is 0 Å². The second-order valence-corrected chi connectivity index (χ2v) is 8.36. The summed E-state index contributed by atoms with van der Waals surface area (Å²) < 4.78 is 12.3. The zero-order valence-electron chi connectivity index (χ0n) is 19.4. The van der Waals surface area contributed by atoms with E-state index in [1.807, 2.05) is 24.3 Å². The summed E-state index contributed by atoms with van der Waals surface area (Å²) in [5.41, 5.74) is 3.55. The van der Waals surface area contributed by atoms with Crippen molar-refractivity contribution >= 4 is 23.0 Å². The number of aryl methyl sites for hydroxylation is 2. The van der Waals surface area contributed by atoms with Gasteiger partial charge in [-0.25, -0.2) is 9.78 Å². The zero-order valence-corrected chi connectivity index (χ0v) is 19.4. The number of ether oxygens (including phenoxy) is 2. The Bertz CT molecular complexity index is 1490. The van der Waals surface area contributed by atoms with Crippen LogP contribution < -0.4 is 20.2 Å².